The van der Waals surface area contributed by atoms with E-state index in [-0.39, 0.29) is 17.9 Å². The van der Waals surface area contributed by atoms with Crippen molar-refractivity contribution in [2.75, 3.05) is 19.7 Å². The molecule has 0 atom stereocenters. The Hall–Kier alpha value is -1.85. The molecule has 1 heterocycles. The molecule has 1 amide bonds. The highest BCUT2D eigenvalue weighted by Crippen LogP contribution is 2.31. The van der Waals surface area contributed by atoms with Crippen LogP contribution in [0.5, 0.6) is 5.75 Å². The summed E-state index contributed by atoms with van der Waals surface area (Å²) in [5.41, 5.74) is 3.72. The topological polar surface area (TPSA) is 41.6 Å². The van der Waals surface area contributed by atoms with Crippen LogP contribution in [-0.4, -0.2) is 30.5 Å². The van der Waals surface area contributed by atoms with Crippen molar-refractivity contribution in [3.63, 3.8) is 0 Å². The van der Waals surface area contributed by atoms with Gasteiger partial charge in [0, 0.05) is 13.1 Å². The number of nitrogens with zero attached hydrogens (tertiary/aromatic N) is 1. The van der Waals surface area contributed by atoms with Crippen LogP contribution >= 0.6 is 15.9 Å². The van der Waals surface area contributed by atoms with Gasteiger partial charge >= 0.3 is 0 Å². The largest absolute Gasteiger partial charge is 0.483 e. The number of carbonyl (C=O) groups is 1. The molecular formula is C25H33BrN2O2. The Morgan fingerprint density at radius 1 is 1.07 bits per heavy atom. The van der Waals surface area contributed by atoms with E-state index in [1.54, 1.807) is 0 Å². The fraction of sp³-hybridized carbons (Fsp3) is 0.480. The second kappa shape index (κ2) is 10.5. The molecule has 162 valence electrons. The predicted molar refractivity (Wildman–Crippen MR) is 126 cm³/mol. The Kier molecular flexibility index (Phi) is 7.95. The van der Waals surface area contributed by atoms with Crippen molar-refractivity contribution in [1.29, 1.82) is 0 Å². The summed E-state index contributed by atoms with van der Waals surface area (Å²) in [6.07, 6.45) is 3.94. The van der Waals surface area contributed by atoms with Crippen molar-refractivity contribution in [2.24, 2.45) is 0 Å². The van der Waals surface area contributed by atoms with E-state index in [4.69, 9.17) is 4.74 Å². The van der Waals surface area contributed by atoms with Crippen LogP contribution in [0.2, 0.25) is 0 Å². The molecule has 2 aromatic rings. The van der Waals surface area contributed by atoms with E-state index in [9.17, 15) is 4.79 Å². The maximum Gasteiger partial charge on any atom is 0.258 e. The lowest BCUT2D eigenvalue weighted by Gasteiger charge is -2.26. The highest BCUT2D eigenvalue weighted by molar-refractivity contribution is 9.10. The Bertz CT molecular complexity index is 854. The second-order valence-corrected chi connectivity index (χ2v) is 9.97. The van der Waals surface area contributed by atoms with Crippen LogP contribution in [0.1, 0.15) is 56.7 Å². The molecule has 1 fully saturated rings. The quantitative estimate of drug-likeness (QED) is 0.583. The second-order valence-electron chi connectivity index (χ2n) is 9.12. The van der Waals surface area contributed by atoms with Gasteiger partial charge < -0.3 is 10.1 Å². The monoisotopic (exact) mass is 472 g/mol. The van der Waals surface area contributed by atoms with Gasteiger partial charge in [-0.25, -0.2) is 0 Å². The summed E-state index contributed by atoms with van der Waals surface area (Å²) in [6.45, 7) is 10.4. The molecule has 1 N–H and O–H groups in total. The fourth-order valence-electron chi connectivity index (χ4n) is 3.69. The lowest BCUT2D eigenvalue weighted by atomic mass is 9.87. The van der Waals surface area contributed by atoms with Crippen molar-refractivity contribution >= 4 is 21.8 Å². The minimum absolute atomic E-state index is 0.000926. The first-order chi connectivity index (χ1) is 14.3. The summed E-state index contributed by atoms with van der Waals surface area (Å²) < 4.78 is 6.58. The summed E-state index contributed by atoms with van der Waals surface area (Å²) in [4.78, 5) is 14.8. The molecule has 2 aromatic carbocycles. The van der Waals surface area contributed by atoms with Crippen LogP contribution in [0.25, 0.3) is 0 Å². The minimum atomic E-state index is -0.122. The molecule has 5 heteroatoms. The standard InChI is InChI=1S/C25H33BrN2O2/c1-25(2,3)21-10-11-23(22(26)15-21)30-18-24(29)27-16-19-8-7-9-20(14-19)17-28-12-5-4-6-13-28/h7-11,14-15H,4-6,12-13,16-18H2,1-3H3,(H,27,29). The summed E-state index contributed by atoms with van der Waals surface area (Å²) in [5, 5.41) is 2.96. The molecule has 0 radical (unpaired) electrons. The first-order valence-electron chi connectivity index (χ1n) is 10.8. The number of likely N-dealkylation sites (tertiary alicyclic amines) is 1. The lowest BCUT2D eigenvalue weighted by Crippen LogP contribution is -2.29. The summed E-state index contributed by atoms with van der Waals surface area (Å²) in [6, 6.07) is 14.5. The molecule has 0 saturated carbocycles. The minimum Gasteiger partial charge on any atom is -0.483 e. The summed E-state index contributed by atoms with van der Waals surface area (Å²) in [5.74, 6) is 0.560. The van der Waals surface area contributed by atoms with Gasteiger partial charge in [-0.05, 0) is 76.1 Å². The molecule has 30 heavy (non-hydrogen) atoms. The molecule has 0 unspecified atom stereocenters. The maximum absolute atomic E-state index is 12.3. The Balaban J connectivity index is 1.47. The van der Waals surface area contributed by atoms with Crippen LogP contribution in [0, 0.1) is 0 Å². The van der Waals surface area contributed by atoms with Gasteiger partial charge in [0.2, 0.25) is 0 Å². The van der Waals surface area contributed by atoms with E-state index in [0.717, 1.165) is 16.6 Å². The van der Waals surface area contributed by atoms with Crippen molar-refractivity contribution in [2.45, 2.75) is 58.5 Å². The zero-order valence-corrected chi connectivity index (χ0v) is 19.9. The average Bonchev–Trinajstić information content (AvgIpc) is 2.71. The highest BCUT2D eigenvalue weighted by Gasteiger charge is 2.16. The van der Waals surface area contributed by atoms with Gasteiger partial charge in [0.15, 0.2) is 6.61 Å². The molecule has 0 bridgehead atoms. The summed E-state index contributed by atoms with van der Waals surface area (Å²) in [7, 11) is 0. The number of halogens is 1. The third-order valence-electron chi connectivity index (χ3n) is 5.49. The number of nitrogens with one attached hydrogen (secondary N) is 1. The van der Waals surface area contributed by atoms with Gasteiger partial charge in [-0.2, -0.15) is 0 Å². The molecule has 0 aliphatic carbocycles. The van der Waals surface area contributed by atoms with Gasteiger partial charge in [-0.3, -0.25) is 9.69 Å². The number of rotatable bonds is 7. The molecule has 0 spiro atoms. The van der Waals surface area contributed by atoms with Gasteiger partial charge in [0.1, 0.15) is 5.75 Å². The van der Waals surface area contributed by atoms with E-state index in [2.05, 4.69) is 77.2 Å². The van der Waals surface area contributed by atoms with Gasteiger partial charge in [0.05, 0.1) is 4.47 Å². The zero-order valence-electron chi connectivity index (χ0n) is 18.3. The van der Waals surface area contributed by atoms with Crippen LogP contribution < -0.4 is 10.1 Å². The number of ether oxygens (including phenoxy) is 1. The number of carbonyl (C=O) groups excluding carboxylic acids is 1. The van der Waals surface area contributed by atoms with Gasteiger partial charge in [-0.1, -0.05) is 57.5 Å². The van der Waals surface area contributed by atoms with E-state index < -0.39 is 0 Å². The molecule has 3 rings (SSSR count). The number of benzene rings is 2. The van der Waals surface area contributed by atoms with Crippen LogP contribution in [-0.2, 0) is 23.3 Å². The third kappa shape index (κ3) is 6.85. The first-order valence-corrected chi connectivity index (χ1v) is 11.6. The fourth-order valence-corrected chi connectivity index (χ4v) is 4.19. The van der Waals surface area contributed by atoms with E-state index >= 15 is 0 Å². The van der Waals surface area contributed by atoms with Gasteiger partial charge in [0.25, 0.3) is 5.91 Å². The molecular weight excluding hydrogens is 440 g/mol. The van der Waals surface area contributed by atoms with Crippen LogP contribution in [0.3, 0.4) is 0 Å². The van der Waals surface area contributed by atoms with E-state index in [1.807, 2.05) is 12.1 Å². The molecule has 0 aromatic heterocycles. The number of piperidine rings is 1. The van der Waals surface area contributed by atoms with Crippen molar-refractivity contribution in [3.05, 3.63) is 63.6 Å². The van der Waals surface area contributed by atoms with Crippen molar-refractivity contribution < 1.29 is 9.53 Å². The predicted octanol–water partition coefficient (Wildman–Crippen LogP) is 5.43. The van der Waals surface area contributed by atoms with Crippen molar-refractivity contribution in [1.82, 2.24) is 10.2 Å². The molecule has 4 nitrogen and oxygen atoms in total. The van der Waals surface area contributed by atoms with Gasteiger partial charge in [-0.15, -0.1) is 0 Å². The zero-order chi connectivity index (χ0) is 21.6. The Morgan fingerprint density at radius 3 is 2.50 bits per heavy atom. The Labute approximate surface area is 189 Å². The third-order valence-corrected chi connectivity index (χ3v) is 6.11. The van der Waals surface area contributed by atoms with E-state index in [1.165, 1.54) is 43.5 Å². The highest BCUT2D eigenvalue weighted by atomic mass is 79.9. The normalized spacial score (nSPS) is 15.1. The Morgan fingerprint density at radius 2 is 1.80 bits per heavy atom. The summed E-state index contributed by atoms with van der Waals surface area (Å²) >= 11 is 3.55. The SMILES string of the molecule is CC(C)(C)c1ccc(OCC(=O)NCc2cccc(CN3CCCCC3)c2)c(Br)c1. The molecule has 1 aliphatic heterocycles. The van der Waals surface area contributed by atoms with Crippen LogP contribution in [0.15, 0.2) is 46.9 Å². The number of hydrogen-bond acceptors (Lipinski definition) is 3. The lowest BCUT2D eigenvalue weighted by molar-refractivity contribution is -0.123. The molecule has 1 saturated heterocycles. The number of hydrogen-bond donors (Lipinski definition) is 1. The number of amides is 1. The molecule has 1 aliphatic rings. The van der Waals surface area contributed by atoms with E-state index in [0.29, 0.717) is 12.3 Å². The maximum atomic E-state index is 12.3. The van der Waals surface area contributed by atoms with Crippen LogP contribution in [0.4, 0.5) is 0 Å². The average molecular weight is 473 g/mol. The van der Waals surface area contributed by atoms with Crippen molar-refractivity contribution in [3.8, 4) is 5.75 Å². The first kappa shape index (κ1) is 22.8. The smallest absolute Gasteiger partial charge is 0.258 e.